The molecule has 0 saturated heterocycles. The lowest BCUT2D eigenvalue weighted by Crippen LogP contribution is -2.10. The molecule has 2 rings (SSSR count). The van der Waals surface area contributed by atoms with E-state index in [1.807, 2.05) is 0 Å². The summed E-state index contributed by atoms with van der Waals surface area (Å²) in [6.45, 7) is 2.23. The molecule has 0 spiro atoms. The normalized spacial score (nSPS) is 10.8. The first-order valence-corrected chi connectivity index (χ1v) is 12.9. The molecule has 1 aromatic carbocycles. The zero-order valence-electron chi connectivity index (χ0n) is 18.5. The SMILES string of the molecule is CCCCCCCCCCCC(=O)Nc1nnc(SCC(=O)c2cccc(OC)c2)s1. The molecular weight excluding hydrogens is 430 g/mol. The van der Waals surface area contributed by atoms with Crippen LogP contribution in [0.2, 0.25) is 0 Å². The molecule has 0 aliphatic heterocycles. The molecule has 0 bridgehead atoms. The number of hydrogen-bond acceptors (Lipinski definition) is 7. The number of unbranched alkanes of at least 4 members (excludes halogenated alkanes) is 8. The highest BCUT2D eigenvalue weighted by Gasteiger charge is 2.12. The summed E-state index contributed by atoms with van der Waals surface area (Å²) in [4.78, 5) is 24.4. The maximum atomic E-state index is 12.3. The summed E-state index contributed by atoms with van der Waals surface area (Å²) in [6, 6.07) is 7.09. The quantitative estimate of drug-likeness (QED) is 0.135. The smallest absolute Gasteiger partial charge is 0.226 e. The van der Waals surface area contributed by atoms with E-state index in [2.05, 4.69) is 22.4 Å². The van der Waals surface area contributed by atoms with E-state index in [1.54, 1.807) is 31.4 Å². The summed E-state index contributed by atoms with van der Waals surface area (Å²) in [7, 11) is 1.57. The number of nitrogens with one attached hydrogen (secondary N) is 1. The molecule has 0 aliphatic rings. The molecule has 0 radical (unpaired) electrons. The van der Waals surface area contributed by atoms with E-state index in [0.717, 1.165) is 12.8 Å². The Labute approximate surface area is 193 Å². The van der Waals surface area contributed by atoms with Gasteiger partial charge in [0, 0.05) is 12.0 Å². The summed E-state index contributed by atoms with van der Waals surface area (Å²) in [6.07, 6.45) is 11.5. The largest absolute Gasteiger partial charge is 0.497 e. The number of nitrogens with zero attached hydrogens (tertiary/aromatic N) is 2. The van der Waals surface area contributed by atoms with Gasteiger partial charge in [-0.1, -0.05) is 93.5 Å². The lowest BCUT2D eigenvalue weighted by Gasteiger charge is -2.03. The van der Waals surface area contributed by atoms with E-state index in [-0.39, 0.29) is 17.4 Å². The molecule has 6 nitrogen and oxygen atoms in total. The van der Waals surface area contributed by atoms with E-state index in [9.17, 15) is 9.59 Å². The van der Waals surface area contributed by atoms with Crippen molar-refractivity contribution in [2.45, 2.75) is 75.5 Å². The number of Topliss-reactive ketones (excluding diaryl/α,β-unsaturated/α-hetero) is 1. The van der Waals surface area contributed by atoms with Crippen molar-refractivity contribution < 1.29 is 14.3 Å². The van der Waals surface area contributed by atoms with Gasteiger partial charge in [-0.25, -0.2) is 0 Å². The number of hydrogen-bond donors (Lipinski definition) is 1. The van der Waals surface area contributed by atoms with Crippen molar-refractivity contribution in [2.24, 2.45) is 0 Å². The average Bonchev–Trinajstić information content (AvgIpc) is 3.23. The van der Waals surface area contributed by atoms with Crippen molar-refractivity contribution in [1.29, 1.82) is 0 Å². The number of anilines is 1. The lowest BCUT2D eigenvalue weighted by atomic mass is 10.1. The fourth-order valence-corrected chi connectivity index (χ4v) is 4.77. The predicted octanol–water partition coefficient (Wildman–Crippen LogP) is 6.38. The van der Waals surface area contributed by atoms with Gasteiger partial charge in [-0.15, -0.1) is 10.2 Å². The Morgan fingerprint density at radius 2 is 1.74 bits per heavy atom. The number of methoxy groups -OCH3 is 1. The Kier molecular flexibility index (Phi) is 12.2. The number of carbonyl (C=O) groups is 2. The summed E-state index contributed by atoms with van der Waals surface area (Å²) in [5.74, 6) is 0.885. The zero-order valence-corrected chi connectivity index (χ0v) is 20.2. The van der Waals surface area contributed by atoms with Crippen LogP contribution in [0.25, 0.3) is 0 Å². The van der Waals surface area contributed by atoms with Crippen molar-refractivity contribution in [3.05, 3.63) is 29.8 Å². The van der Waals surface area contributed by atoms with Crippen LogP contribution < -0.4 is 10.1 Å². The fraction of sp³-hybridized carbons (Fsp3) is 0.565. The Bertz CT molecular complexity index is 811. The van der Waals surface area contributed by atoms with Crippen LogP contribution in [0.4, 0.5) is 5.13 Å². The highest BCUT2D eigenvalue weighted by atomic mass is 32.2. The second kappa shape index (κ2) is 15.0. The standard InChI is InChI=1S/C23H33N3O3S2/c1-3-4-5-6-7-8-9-10-11-15-21(28)24-22-25-26-23(31-22)30-17-20(27)18-13-12-14-19(16-18)29-2/h12-14,16H,3-11,15,17H2,1-2H3,(H,24,25,28). The highest BCUT2D eigenvalue weighted by Crippen LogP contribution is 2.26. The van der Waals surface area contributed by atoms with Gasteiger partial charge in [-0.05, 0) is 18.6 Å². The third kappa shape index (κ3) is 10.3. The summed E-state index contributed by atoms with van der Waals surface area (Å²) >= 11 is 2.62. The van der Waals surface area contributed by atoms with Gasteiger partial charge >= 0.3 is 0 Å². The molecule has 1 heterocycles. The molecule has 0 unspecified atom stereocenters. The van der Waals surface area contributed by atoms with Crippen LogP contribution in [0.3, 0.4) is 0 Å². The van der Waals surface area contributed by atoms with E-state index in [4.69, 9.17) is 4.74 Å². The molecule has 8 heteroatoms. The minimum absolute atomic E-state index is 0.00458. The maximum Gasteiger partial charge on any atom is 0.226 e. The molecule has 31 heavy (non-hydrogen) atoms. The minimum Gasteiger partial charge on any atom is -0.497 e. The Balaban J connectivity index is 1.61. The number of ketones is 1. The van der Waals surface area contributed by atoms with Crippen molar-refractivity contribution in [2.75, 3.05) is 18.2 Å². The number of thioether (sulfide) groups is 1. The lowest BCUT2D eigenvalue weighted by molar-refractivity contribution is -0.116. The van der Waals surface area contributed by atoms with Crippen LogP contribution in [-0.2, 0) is 4.79 Å². The highest BCUT2D eigenvalue weighted by molar-refractivity contribution is 8.01. The Morgan fingerprint density at radius 3 is 2.45 bits per heavy atom. The predicted molar refractivity (Wildman–Crippen MR) is 128 cm³/mol. The zero-order chi connectivity index (χ0) is 22.3. The van der Waals surface area contributed by atoms with Crippen LogP contribution in [0, 0.1) is 0 Å². The van der Waals surface area contributed by atoms with Crippen molar-refractivity contribution in [3.8, 4) is 5.75 Å². The van der Waals surface area contributed by atoms with E-state index in [1.165, 1.54) is 68.0 Å². The summed E-state index contributed by atoms with van der Waals surface area (Å²) in [5, 5.41) is 11.4. The molecule has 1 amide bonds. The molecule has 2 aromatic rings. The van der Waals surface area contributed by atoms with E-state index >= 15 is 0 Å². The first-order valence-electron chi connectivity index (χ1n) is 11.1. The summed E-state index contributed by atoms with van der Waals surface area (Å²) < 4.78 is 5.82. The van der Waals surface area contributed by atoms with Gasteiger partial charge < -0.3 is 10.1 Å². The van der Waals surface area contributed by atoms with Crippen LogP contribution in [0.15, 0.2) is 28.6 Å². The first-order chi connectivity index (χ1) is 15.1. The number of aromatic nitrogens is 2. The number of carbonyl (C=O) groups excluding carboxylic acids is 2. The van der Waals surface area contributed by atoms with Gasteiger partial charge in [-0.2, -0.15) is 0 Å². The van der Waals surface area contributed by atoms with Gasteiger partial charge in [0.1, 0.15) is 5.75 Å². The van der Waals surface area contributed by atoms with Gasteiger partial charge in [0.15, 0.2) is 10.1 Å². The van der Waals surface area contributed by atoms with Crippen LogP contribution in [-0.4, -0.2) is 34.8 Å². The Morgan fingerprint density at radius 1 is 1.03 bits per heavy atom. The molecular formula is C23H33N3O3S2. The third-order valence-electron chi connectivity index (χ3n) is 4.88. The molecule has 0 atom stereocenters. The first kappa shape index (κ1) is 25.3. The second-order valence-corrected chi connectivity index (χ2v) is 9.64. The third-order valence-corrected chi connectivity index (χ3v) is 6.85. The van der Waals surface area contributed by atoms with Crippen molar-refractivity contribution >= 4 is 39.9 Å². The van der Waals surface area contributed by atoms with Gasteiger partial charge in [0.05, 0.1) is 12.9 Å². The van der Waals surface area contributed by atoms with Crippen LogP contribution in [0.5, 0.6) is 5.75 Å². The number of benzene rings is 1. The Hall–Kier alpha value is -1.93. The van der Waals surface area contributed by atoms with Gasteiger partial charge in [-0.3, -0.25) is 9.59 Å². The van der Waals surface area contributed by atoms with E-state index < -0.39 is 0 Å². The molecule has 0 fully saturated rings. The van der Waals surface area contributed by atoms with Crippen LogP contribution in [0.1, 0.15) is 81.5 Å². The monoisotopic (exact) mass is 463 g/mol. The fourth-order valence-electron chi connectivity index (χ4n) is 3.10. The number of rotatable bonds is 16. The maximum absolute atomic E-state index is 12.3. The number of ether oxygens (including phenoxy) is 1. The average molecular weight is 464 g/mol. The van der Waals surface area contributed by atoms with Crippen molar-refractivity contribution in [3.63, 3.8) is 0 Å². The minimum atomic E-state index is -0.0249. The molecule has 0 saturated carbocycles. The van der Waals surface area contributed by atoms with E-state index in [0.29, 0.717) is 27.2 Å². The van der Waals surface area contributed by atoms with Gasteiger partial charge in [0.25, 0.3) is 0 Å². The van der Waals surface area contributed by atoms with Crippen molar-refractivity contribution in [1.82, 2.24) is 10.2 Å². The molecule has 170 valence electrons. The topological polar surface area (TPSA) is 81.2 Å². The second-order valence-electron chi connectivity index (χ2n) is 7.44. The molecule has 0 aliphatic carbocycles. The van der Waals surface area contributed by atoms with Gasteiger partial charge in [0.2, 0.25) is 11.0 Å². The molecule has 1 aromatic heterocycles. The molecule has 1 N–H and O–H groups in total. The number of amides is 1. The summed E-state index contributed by atoms with van der Waals surface area (Å²) in [5.41, 5.74) is 0.603. The van der Waals surface area contributed by atoms with Crippen LogP contribution >= 0.6 is 23.1 Å².